The van der Waals surface area contributed by atoms with Gasteiger partial charge < -0.3 is 5.73 Å². The lowest BCUT2D eigenvalue weighted by Gasteiger charge is -2.10. The fourth-order valence-corrected chi connectivity index (χ4v) is 2.32. The summed E-state index contributed by atoms with van der Waals surface area (Å²) in [6.07, 6.45) is -4.43. The predicted octanol–water partition coefficient (Wildman–Crippen LogP) is 3.77. The molecule has 19 heavy (non-hydrogen) atoms. The van der Waals surface area contributed by atoms with E-state index in [9.17, 15) is 18.0 Å². The zero-order valence-corrected chi connectivity index (χ0v) is 10.5. The van der Waals surface area contributed by atoms with Gasteiger partial charge in [0.2, 0.25) is 0 Å². The quantitative estimate of drug-likeness (QED) is 0.689. The Morgan fingerprint density at radius 3 is 2.58 bits per heavy atom. The van der Waals surface area contributed by atoms with E-state index in [4.69, 9.17) is 5.73 Å². The SMILES string of the molecule is Nc1ccc(C(F)(F)F)cc1C(=O)Cc1ccsc1. The molecular weight excluding hydrogens is 275 g/mol. The first-order chi connectivity index (χ1) is 8.88. The molecular formula is C13H10F3NOS. The van der Waals surface area contributed by atoms with Gasteiger partial charge in [-0.3, -0.25) is 4.79 Å². The third-order valence-corrected chi connectivity index (χ3v) is 3.36. The highest BCUT2D eigenvalue weighted by Crippen LogP contribution is 2.31. The summed E-state index contributed by atoms with van der Waals surface area (Å²) in [5, 5.41) is 3.58. The summed E-state index contributed by atoms with van der Waals surface area (Å²) >= 11 is 1.42. The Hall–Kier alpha value is -1.82. The van der Waals surface area contributed by atoms with E-state index in [2.05, 4.69) is 0 Å². The molecule has 0 aliphatic rings. The molecule has 0 amide bonds. The molecule has 100 valence electrons. The number of nitrogens with two attached hydrogens (primary N) is 1. The molecule has 0 bridgehead atoms. The normalized spacial score (nSPS) is 11.5. The van der Waals surface area contributed by atoms with Gasteiger partial charge >= 0.3 is 6.18 Å². The Balaban J connectivity index is 2.31. The number of rotatable bonds is 3. The topological polar surface area (TPSA) is 43.1 Å². The number of benzene rings is 1. The molecule has 0 aliphatic heterocycles. The molecule has 2 nitrogen and oxygen atoms in total. The van der Waals surface area contributed by atoms with Crippen molar-refractivity contribution in [2.75, 3.05) is 5.73 Å². The van der Waals surface area contributed by atoms with Crippen LogP contribution in [0.3, 0.4) is 0 Å². The van der Waals surface area contributed by atoms with Crippen LogP contribution in [0.15, 0.2) is 35.0 Å². The van der Waals surface area contributed by atoms with Crippen molar-refractivity contribution in [1.82, 2.24) is 0 Å². The molecule has 0 unspecified atom stereocenters. The lowest BCUT2D eigenvalue weighted by Crippen LogP contribution is -2.11. The van der Waals surface area contributed by atoms with E-state index in [1.807, 2.05) is 0 Å². The summed E-state index contributed by atoms with van der Waals surface area (Å²) in [6.45, 7) is 0. The molecule has 0 radical (unpaired) electrons. The molecule has 1 aromatic heterocycles. The van der Waals surface area contributed by atoms with Gasteiger partial charge in [-0.1, -0.05) is 0 Å². The van der Waals surface area contributed by atoms with Gasteiger partial charge in [0, 0.05) is 17.7 Å². The zero-order chi connectivity index (χ0) is 14.0. The average Bonchev–Trinajstić information content (AvgIpc) is 2.80. The predicted molar refractivity (Wildman–Crippen MR) is 68.2 cm³/mol. The van der Waals surface area contributed by atoms with E-state index in [-0.39, 0.29) is 17.7 Å². The van der Waals surface area contributed by atoms with Crippen molar-refractivity contribution in [3.8, 4) is 0 Å². The third kappa shape index (κ3) is 3.14. The van der Waals surface area contributed by atoms with Gasteiger partial charge in [-0.05, 0) is 40.6 Å². The number of halogens is 3. The van der Waals surface area contributed by atoms with E-state index in [0.717, 1.165) is 23.8 Å². The number of thiophene rings is 1. The fraction of sp³-hybridized carbons (Fsp3) is 0.154. The van der Waals surface area contributed by atoms with E-state index in [1.165, 1.54) is 11.3 Å². The number of alkyl halides is 3. The number of hydrogen-bond acceptors (Lipinski definition) is 3. The van der Waals surface area contributed by atoms with E-state index < -0.39 is 17.5 Å². The van der Waals surface area contributed by atoms with Crippen molar-refractivity contribution in [2.45, 2.75) is 12.6 Å². The number of carbonyl (C=O) groups excluding carboxylic acids is 1. The lowest BCUT2D eigenvalue weighted by molar-refractivity contribution is -0.137. The summed E-state index contributed by atoms with van der Waals surface area (Å²) in [7, 11) is 0. The molecule has 0 fully saturated rings. The van der Waals surface area contributed by atoms with Gasteiger partial charge in [0.25, 0.3) is 0 Å². The van der Waals surface area contributed by atoms with Crippen molar-refractivity contribution in [2.24, 2.45) is 0 Å². The molecule has 0 saturated carbocycles. The number of Topliss-reactive ketones (excluding diaryl/α,β-unsaturated/α-hetero) is 1. The van der Waals surface area contributed by atoms with Crippen molar-refractivity contribution < 1.29 is 18.0 Å². The lowest BCUT2D eigenvalue weighted by atomic mass is 10.0. The molecule has 0 aliphatic carbocycles. The Labute approximate surface area is 111 Å². The minimum Gasteiger partial charge on any atom is -0.398 e. The maximum absolute atomic E-state index is 12.6. The maximum atomic E-state index is 12.6. The standard InChI is InChI=1S/C13H10F3NOS/c14-13(15,16)9-1-2-11(17)10(6-9)12(18)5-8-3-4-19-7-8/h1-4,6-7H,5,17H2. The van der Waals surface area contributed by atoms with E-state index in [1.54, 1.807) is 16.8 Å². The minimum absolute atomic E-state index is 0.0506. The van der Waals surface area contributed by atoms with Gasteiger partial charge in [0.15, 0.2) is 5.78 Å². The van der Waals surface area contributed by atoms with Crippen molar-refractivity contribution in [1.29, 1.82) is 0 Å². The number of ketones is 1. The molecule has 0 atom stereocenters. The van der Waals surface area contributed by atoms with Crippen LogP contribution in [0.1, 0.15) is 21.5 Å². The Morgan fingerprint density at radius 1 is 1.26 bits per heavy atom. The maximum Gasteiger partial charge on any atom is 0.416 e. The zero-order valence-electron chi connectivity index (χ0n) is 9.70. The van der Waals surface area contributed by atoms with Crippen LogP contribution < -0.4 is 5.73 Å². The molecule has 1 heterocycles. The molecule has 2 rings (SSSR count). The number of nitrogen functional groups attached to an aromatic ring is 1. The van der Waals surface area contributed by atoms with Crippen molar-refractivity contribution >= 4 is 22.8 Å². The Morgan fingerprint density at radius 2 is 2.00 bits per heavy atom. The van der Waals surface area contributed by atoms with Crippen LogP contribution in [-0.2, 0) is 12.6 Å². The highest BCUT2D eigenvalue weighted by Gasteiger charge is 2.31. The van der Waals surface area contributed by atoms with Gasteiger partial charge in [-0.25, -0.2) is 0 Å². The average molecular weight is 285 g/mol. The summed E-state index contributed by atoms with van der Waals surface area (Å²) in [5.41, 5.74) is 5.46. The van der Waals surface area contributed by atoms with Gasteiger partial charge in [0.1, 0.15) is 0 Å². The van der Waals surface area contributed by atoms with Gasteiger partial charge in [-0.15, -0.1) is 0 Å². The molecule has 2 aromatic rings. The summed E-state index contributed by atoms with van der Waals surface area (Å²) in [4.78, 5) is 12.0. The first-order valence-corrected chi connectivity index (χ1v) is 6.33. The second-order valence-corrected chi connectivity index (χ2v) is 4.81. The first-order valence-electron chi connectivity index (χ1n) is 5.39. The Kier molecular flexibility index (Phi) is 3.61. The summed E-state index contributed by atoms with van der Waals surface area (Å²) in [6, 6.07) is 4.55. The third-order valence-electron chi connectivity index (χ3n) is 2.63. The largest absolute Gasteiger partial charge is 0.416 e. The van der Waals surface area contributed by atoms with Crippen molar-refractivity contribution in [3.63, 3.8) is 0 Å². The minimum atomic E-state index is -4.48. The number of anilines is 1. The second kappa shape index (κ2) is 5.05. The molecule has 2 N–H and O–H groups in total. The highest BCUT2D eigenvalue weighted by molar-refractivity contribution is 7.08. The van der Waals surface area contributed by atoms with Crippen LogP contribution in [-0.4, -0.2) is 5.78 Å². The molecule has 0 spiro atoms. The van der Waals surface area contributed by atoms with Crippen molar-refractivity contribution in [3.05, 3.63) is 51.7 Å². The summed E-state index contributed by atoms with van der Waals surface area (Å²) in [5.74, 6) is -0.415. The second-order valence-electron chi connectivity index (χ2n) is 4.03. The van der Waals surface area contributed by atoms with Gasteiger partial charge in [0.05, 0.1) is 5.56 Å². The Bertz CT molecular complexity index is 590. The van der Waals surface area contributed by atoms with Crippen LogP contribution in [0.4, 0.5) is 18.9 Å². The van der Waals surface area contributed by atoms with Crippen LogP contribution in [0, 0.1) is 0 Å². The highest BCUT2D eigenvalue weighted by atomic mass is 32.1. The van der Waals surface area contributed by atoms with Crippen LogP contribution >= 0.6 is 11.3 Å². The van der Waals surface area contributed by atoms with Gasteiger partial charge in [-0.2, -0.15) is 24.5 Å². The smallest absolute Gasteiger partial charge is 0.398 e. The molecule has 1 aromatic carbocycles. The first kappa shape index (κ1) is 13.6. The van der Waals surface area contributed by atoms with Crippen LogP contribution in [0.2, 0.25) is 0 Å². The number of carbonyl (C=O) groups is 1. The van der Waals surface area contributed by atoms with E-state index in [0.29, 0.717) is 0 Å². The monoisotopic (exact) mass is 285 g/mol. The van der Waals surface area contributed by atoms with E-state index >= 15 is 0 Å². The fourth-order valence-electron chi connectivity index (χ4n) is 1.65. The van der Waals surface area contributed by atoms with Crippen LogP contribution in [0.25, 0.3) is 0 Å². The number of hydrogen-bond donors (Lipinski definition) is 1. The molecule has 0 saturated heterocycles. The van der Waals surface area contributed by atoms with Crippen LogP contribution in [0.5, 0.6) is 0 Å². The summed E-state index contributed by atoms with van der Waals surface area (Å²) < 4.78 is 37.8. The molecule has 6 heteroatoms.